The molecule has 4 rings (SSSR count). The molecule has 0 aliphatic rings. The van der Waals surface area contributed by atoms with Crippen LogP contribution in [0.15, 0.2) is 84.3 Å². The third-order valence-corrected chi connectivity index (χ3v) is 6.05. The van der Waals surface area contributed by atoms with Gasteiger partial charge in [-0.3, -0.25) is 14.5 Å². The Morgan fingerprint density at radius 2 is 1.90 bits per heavy atom. The number of nitrogens with one attached hydrogen (secondary N) is 1. The number of rotatable bonds is 7. The Kier molecular flexibility index (Phi) is 5.20. The summed E-state index contributed by atoms with van der Waals surface area (Å²) < 4.78 is 29.4. The van der Waals surface area contributed by atoms with Gasteiger partial charge in [-0.15, -0.1) is 0 Å². The Balaban J connectivity index is 1.69. The summed E-state index contributed by atoms with van der Waals surface area (Å²) in [5, 5.41) is 9.37. The van der Waals surface area contributed by atoms with E-state index in [9.17, 15) is 18.3 Å². The van der Waals surface area contributed by atoms with Crippen LogP contribution in [0.5, 0.6) is 0 Å². The molecule has 0 amide bonds. The van der Waals surface area contributed by atoms with Gasteiger partial charge in [0.15, 0.2) is 0 Å². The Hall–Kier alpha value is -3.72. The fourth-order valence-electron chi connectivity index (χ4n) is 3.27. The Morgan fingerprint density at radius 1 is 1.10 bits per heavy atom. The topological polar surface area (TPSA) is 114 Å². The maximum Gasteiger partial charge on any atom is 0.305 e. The molecule has 2 heterocycles. The summed E-state index contributed by atoms with van der Waals surface area (Å²) in [5.41, 5.74) is 2.34. The summed E-state index contributed by atoms with van der Waals surface area (Å²) in [7, 11) is -3.72. The molecule has 0 spiro atoms. The van der Waals surface area contributed by atoms with Crippen LogP contribution >= 0.6 is 0 Å². The molecule has 9 heteroatoms. The molecular formula is C21H18N4O4S. The van der Waals surface area contributed by atoms with Crippen LogP contribution < -0.4 is 4.72 Å². The number of imidazole rings is 1. The second-order valence-electron chi connectivity index (χ2n) is 6.67. The maximum atomic E-state index is 12.5. The van der Waals surface area contributed by atoms with Gasteiger partial charge in [0.25, 0.3) is 10.0 Å². The number of anilines is 1. The Labute approximate surface area is 172 Å². The number of carboxylic acid groups (broad SMARTS) is 1. The molecule has 2 aromatic heterocycles. The van der Waals surface area contributed by atoms with E-state index >= 15 is 0 Å². The third-order valence-electron chi connectivity index (χ3n) is 4.65. The molecule has 2 aromatic carbocycles. The molecule has 0 saturated heterocycles. The largest absolute Gasteiger partial charge is 0.481 e. The van der Waals surface area contributed by atoms with Crippen LogP contribution in [0.3, 0.4) is 0 Å². The van der Waals surface area contributed by atoms with E-state index in [1.807, 2.05) is 6.07 Å². The van der Waals surface area contributed by atoms with Crippen LogP contribution in [0.2, 0.25) is 0 Å². The van der Waals surface area contributed by atoms with Crippen LogP contribution in [-0.4, -0.2) is 34.0 Å². The molecule has 0 aliphatic heterocycles. The smallest absolute Gasteiger partial charge is 0.305 e. The SMILES string of the molecule is O=C(O)CC(c1cccnc1)n1cnc2cc(NS(=O)(=O)c3ccccc3)ccc21. The van der Waals surface area contributed by atoms with E-state index in [4.69, 9.17) is 0 Å². The number of pyridine rings is 1. The van der Waals surface area contributed by atoms with Crippen molar-refractivity contribution in [3.8, 4) is 0 Å². The number of hydrogen-bond donors (Lipinski definition) is 2. The third kappa shape index (κ3) is 4.01. The second kappa shape index (κ2) is 7.96. The molecule has 0 fully saturated rings. The van der Waals surface area contributed by atoms with E-state index in [1.165, 1.54) is 12.1 Å². The monoisotopic (exact) mass is 422 g/mol. The molecule has 8 nitrogen and oxygen atoms in total. The summed E-state index contributed by atoms with van der Waals surface area (Å²) in [6.07, 6.45) is 4.67. The Morgan fingerprint density at radius 3 is 2.60 bits per heavy atom. The summed E-state index contributed by atoms with van der Waals surface area (Å²) in [4.78, 5) is 20.0. The van der Waals surface area contributed by atoms with Crippen LogP contribution in [0.4, 0.5) is 5.69 Å². The predicted octanol–water partition coefficient (Wildman–Crippen LogP) is 3.30. The van der Waals surface area contributed by atoms with Crippen LogP contribution in [0.25, 0.3) is 11.0 Å². The standard InChI is InChI=1S/C21H18N4O4S/c26-21(27)12-20(15-5-4-10-22-13-15)25-14-23-18-11-16(8-9-19(18)25)24-30(28,29)17-6-2-1-3-7-17/h1-11,13-14,20,24H,12H2,(H,26,27). The number of aliphatic carboxylic acids is 1. The van der Waals surface area contributed by atoms with Crippen molar-refractivity contribution < 1.29 is 18.3 Å². The van der Waals surface area contributed by atoms with Gasteiger partial charge < -0.3 is 9.67 Å². The lowest BCUT2D eigenvalue weighted by molar-refractivity contribution is -0.137. The zero-order valence-electron chi connectivity index (χ0n) is 15.7. The van der Waals surface area contributed by atoms with Gasteiger partial charge in [0.05, 0.1) is 40.4 Å². The first-order valence-corrected chi connectivity index (χ1v) is 10.6. The van der Waals surface area contributed by atoms with Crippen molar-refractivity contribution in [2.24, 2.45) is 0 Å². The van der Waals surface area contributed by atoms with E-state index in [0.29, 0.717) is 16.7 Å². The fourth-order valence-corrected chi connectivity index (χ4v) is 4.34. The number of fused-ring (bicyclic) bond motifs is 1. The second-order valence-corrected chi connectivity index (χ2v) is 8.36. The van der Waals surface area contributed by atoms with Crippen molar-refractivity contribution in [2.75, 3.05) is 4.72 Å². The first-order chi connectivity index (χ1) is 14.4. The van der Waals surface area contributed by atoms with Gasteiger partial charge >= 0.3 is 5.97 Å². The highest BCUT2D eigenvalue weighted by Crippen LogP contribution is 2.28. The number of aromatic nitrogens is 3. The van der Waals surface area contributed by atoms with Crippen LogP contribution in [0.1, 0.15) is 18.0 Å². The van der Waals surface area contributed by atoms with Gasteiger partial charge in [-0.25, -0.2) is 13.4 Å². The molecular weight excluding hydrogens is 404 g/mol. The van der Waals surface area contributed by atoms with Crippen molar-refractivity contribution >= 4 is 32.7 Å². The molecule has 0 radical (unpaired) electrons. The minimum Gasteiger partial charge on any atom is -0.481 e. The van der Waals surface area contributed by atoms with Crippen molar-refractivity contribution in [1.82, 2.24) is 14.5 Å². The van der Waals surface area contributed by atoms with E-state index in [0.717, 1.165) is 5.56 Å². The van der Waals surface area contributed by atoms with Crippen molar-refractivity contribution in [3.63, 3.8) is 0 Å². The number of benzene rings is 2. The lowest BCUT2D eigenvalue weighted by Gasteiger charge is -2.18. The Bertz CT molecular complexity index is 1290. The molecule has 0 aliphatic carbocycles. The summed E-state index contributed by atoms with van der Waals surface area (Å²) >= 11 is 0. The van der Waals surface area contributed by atoms with Gasteiger partial charge in [0, 0.05) is 12.4 Å². The van der Waals surface area contributed by atoms with Gasteiger partial charge in [-0.1, -0.05) is 24.3 Å². The van der Waals surface area contributed by atoms with Crippen LogP contribution in [-0.2, 0) is 14.8 Å². The normalized spacial score (nSPS) is 12.5. The summed E-state index contributed by atoms with van der Waals surface area (Å²) in [5.74, 6) is -0.946. The van der Waals surface area contributed by atoms with Gasteiger partial charge in [0.1, 0.15) is 0 Å². The summed E-state index contributed by atoms with van der Waals surface area (Å²) in [6, 6.07) is 16.1. The van der Waals surface area contributed by atoms with E-state index in [1.54, 1.807) is 65.8 Å². The zero-order valence-corrected chi connectivity index (χ0v) is 16.5. The van der Waals surface area contributed by atoms with Gasteiger partial charge in [0.2, 0.25) is 0 Å². The number of sulfonamides is 1. The van der Waals surface area contributed by atoms with E-state index in [-0.39, 0.29) is 11.3 Å². The predicted molar refractivity (Wildman–Crippen MR) is 112 cm³/mol. The zero-order chi connectivity index (χ0) is 21.1. The van der Waals surface area contributed by atoms with Crippen molar-refractivity contribution in [3.05, 3.63) is 84.9 Å². The molecule has 2 N–H and O–H groups in total. The fraction of sp³-hybridized carbons (Fsp3) is 0.0952. The molecule has 4 aromatic rings. The number of carbonyl (C=O) groups is 1. The first kappa shape index (κ1) is 19.6. The molecule has 1 atom stereocenters. The molecule has 1 unspecified atom stereocenters. The quantitative estimate of drug-likeness (QED) is 0.472. The summed E-state index contributed by atoms with van der Waals surface area (Å²) in [6.45, 7) is 0. The minimum absolute atomic E-state index is 0.139. The van der Waals surface area contributed by atoms with Gasteiger partial charge in [-0.2, -0.15) is 0 Å². The minimum atomic E-state index is -3.72. The first-order valence-electron chi connectivity index (χ1n) is 9.10. The van der Waals surface area contributed by atoms with E-state index in [2.05, 4.69) is 14.7 Å². The molecule has 152 valence electrons. The average molecular weight is 422 g/mol. The molecule has 30 heavy (non-hydrogen) atoms. The highest BCUT2D eigenvalue weighted by Gasteiger charge is 2.21. The molecule has 0 saturated carbocycles. The lowest BCUT2D eigenvalue weighted by Crippen LogP contribution is -2.15. The number of nitrogens with zero attached hydrogens (tertiary/aromatic N) is 3. The van der Waals surface area contributed by atoms with Crippen molar-refractivity contribution in [1.29, 1.82) is 0 Å². The highest BCUT2D eigenvalue weighted by molar-refractivity contribution is 7.92. The van der Waals surface area contributed by atoms with Crippen molar-refractivity contribution in [2.45, 2.75) is 17.4 Å². The average Bonchev–Trinajstić information content (AvgIpc) is 3.16. The van der Waals surface area contributed by atoms with Gasteiger partial charge in [-0.05, 0) is 42.0 Å². The maximum absolute atomic E-state index is 12.5. The lowest BCUT2D eigenvalue weighted by atomic mass is 10.1. The number of hydrogen-bond acceptors (Lipinski definition) is 5. The van der Waals surface area contributed by atoms with E-state index < -0.39 is 22.0 Å². The number of carboxylic acids is 1. The molecule has 0 bridgehead atoms. The highest BCUT2D eigenvalue weighted by atomic mass is 32.2. The van der Waals surface area contributed by atoms with Crippen LogP contribution in [0, 0.1) is 0 Å².